The smallest absolute Gasteiger partial charge is 0.229 e. The highest BCUT2D eigenvalue weighted by molar-refractivity contribution is 5.83. The van der Waals surface area contributed by atoms with Gasteiger partial charge < -0.3 is 15.5 Å². The number of carbonyl (C=O) groups is 1. The highest BCUT2D eigenvalue weighted by Crippen LogP contribution is 2.24. The van der Waals surface area contributed by atoms with Crippen LogP contribution in [0.5, 0.6) is 0 Å². The third-order valence-corrected chi connectivity index (χ3v) is 4.33. The number of likely N-dealkylation sites (tertiary alicyclic amines) is 1. The molecule has 1 unspecified atom stereocenters. The number of benzene rings is 1. The number of amides is 1. The van der Waals surface area contributed by atoms with Crippen LogP contribution >= 0.6 is 0 Å². The largest absolute Gasteiger partial charge is 0.399 e. The second-order valence-electron chi connectivity index (χ2n) is 6.42. The summed E-state index contributed by atoms with van der Waals surface area (Å²) in [5.41, 5.74) is 7.54. The Morgan fingerprint density at radius 2 is 2.05 bits per heavy atom. The molecule has 1 atom stereocenters. The Morgan fingerprint density at radius 1 is 1.38 bits per heavy atom. The summed E-state index contributed by atoms with van der Waals surface area (Å²) in [6.07, 6.45) is 2.21. The molecule has 4 nitrogen and oxygen atoms in total. The van der Waals surface area contributed by atoms with Gasteiger partial charge in [0.15, 0.2) is 0 Å². The SMILES string of the molecule is CC(C(=O)N1CCC(CN(C)C)CC1)c1cccc(N)c1. The molecule has 1 aliphatic rings. The summed E-state index contributed by atoms with van der Waals surface area (Å²) in [6, 6.07) is 7.66. The molecule has 4 heteroatoms. The average molecular weight is 289 g/mol. The molecule has 1 aromatic rings. The predicted octanol–water partition coefficient (Wildman–Crippen LogP) is 2.17. The summed E-state index contributed by atoms with van der Waals surface area (Å²) in [7, 11) is 4.22. The molecule has 2 N–H and O–H groups in total. The number of hydrogen-bond acceptors (Lipinski definition) is 3. The first-order valence-electron chi connectivity index (χ1n) is 7.76. The molecular weight excluding hydrogens is 262 g/mol. The van der Waals surface area contributed by atoms with Crippen LogP contribution in [0.3, 0.4) is 0 Å². The van der Waals surface area contributed by atoms with E-state index >= 15 is 0 Å². The van der Waals surface area contributed by atoms with Gasteiger partial charge in [-0.25, -0.2) is 0 Å². The predicted molar refractivity (Wildman–Crippen MR) is 87.1 cm³/mol. The van der Waals surface area contributed by atoms with Crippen molar-refractivity contribution in [2.45, 2.75) is 25.7 Å². The van der Waals surface area contributed by atoms with Crippen LogP contribution in [0.4, 0.5) is 5.69 Å². The van der Waals surface area contributed by atoms with Gasteiger partial charge in [-0.3, -0.25) is 4.79 Å². The second kappa shape index (κ2) is 6.94. The van der Waals surface area contributed by atoms with E-state index in [0.29, 0.717) is 5.92 Å². The molecule has 0 aliphatic carbocycles. The Morgan fingerprint density at radius 3 is 2.62 bits per heavy atom. The summed E-state index contributed by atoms with van der Waals surface area (Å²) >= 11 is 0. The van der Waals surface area contributed by atoms with Gasteiger partial charge in [0.05, 0.1) is 5.92 Å². The zero-order chi connectivity index (χ0) is 15.4. The van der Waals surface area contributed by atoms with Crippen LogP contribution in [0.25, 0.3) is 0 Å². The van der Waals surface area contributed by atoms with Gasteiger partial charge in [-0.05, 0) is 57.5 Å². The van der Waals surface area contributed by atoms with E-state index in [-0.39, 0.29) is 11.8 Å². The summed E-state index contributed by atoms with van der Waals surface area (Å²) in [6.45, 7) is 4.85. The fourth-order valence-electron chi connectivity index (χ4n) is 3.10. The third kappa shape index (κ3) is 4.21. The summed E-state index contributed by atoms with van der Waals surface area (Å²) < 4.78 is 0. The Labute approximate surface area is 127 Å². The maximum Gasteiger partial charge on any atom is 0.229 e. The van der Waals surface area contributed by atoms with Crippen LogP contribution in [-0.2, 0) is 4.79 Å². The van der Waals surface area contributed by atoms with E-state index in [0.717, 1.165) is 43.7 Å². The summed E-state index contributed by atoms with van der Waals surface area (Å²) in [5, 5.41) is 0. The maximum atomic E-state index is 12.6. The van der Waals surface area contributed by atoms with Gasteiger partial charge in [-0.1, -0.05) is 12.1 Å². The molecule has 1 amide bonds. The van der Waals surface area contributed by atoms with Crippen molar-refractivity contribution < 1.29 is 4.79 Å². The van der Waals surface area contributed by atoms with Gasteiger partial charge in [0.2, 0.25) is 5.91 Å². The van der Waals surface area contributed by atoms with Crippen molar-refractivity contribution in [3.8, 4) is 0 Å². The molecule has 0 aromatic heterocycles. The van der Waals surface area contributed by atoms with E-state index in [4.69, 9.17) is 5.73 Å². The van der Waals surface area contributed by atoms with Crippen molar-refractivity contribution >= 4 is 11.6 Å². The standard InChI is InChI=1S/C17H27N3O/c1-13(15-5-4-6-16(18)11-15)17(21)20-9-7-14(8-10-20)12-19(2)3/h4-6,11,13-14H,7-10,12,18H2,1-3H3. The molecular formula is C17H27N3O. The molecule has 116 valence electrons. The first-order valence-corrected chi connectivity index (χ1v) is 7.76. The van der Waals surface area contributed by atoms with E-state index < -0.39 is 0 Å². The minimum Gasteiger partial charge on any atom is -0.399 e. The monoisotopic (exact) mass is 289 g/mol. The van der Waals surface area contributed by atoms with Crippen LogP contribution in [0, 0.1) is 5.92 Å². The Balaban J connectivity index is 1.92. The van der Waals surface area contributed by atoms with Crippen LogP contribution in [0.1, 0.15) is 31.2 Å². The fraction of sp³-hybridized carbons (Fsp3) is 0.588. The lowest BCUT2D eigenvalue weighted by atomic mass is 9.93. The highest BCUT2D eigenvalue weighted by Gasteiger charge is 2.26. The fourth-order valence-corrected chi connectivity index (χ4v) is 3.10. The van der Waals surface area contributed by atoms with E-state index in [2.05, 4.69) is 19.0 Å². The first-order chi connectivity index (χ1) is 9.97. The molecule has 0 radical (unpaired) electrons. The number of carbonyl (C=O) groups excluding carboxylic acids is 1. The van der Waals surface area contributed by atoms with Gasteiger partial charge in [0.25, 0.3) is 0 Å². The molecule has 1 aromatic carbocycles. The minimum atomic E-state index is -0.112. The van der Waals surface area contributed by atoms with Crippen LogP contribution in [0.15, 0.2) is 24.3 Å². The number of anilines is 1. The van der Waals surface area contributed by atoms with Crippen molar-refractivity contribution in [1.82, 2.24) is 9.80 Å². The molecule has 0 spiro atoms. The Hall–Kier alpha value is -1.55. The lowest BCUT2D eigenvalue weighted by Crippen LogP contribution is -2.42. The van der Waals surface area contributed by atoms with E-state index in [1.807, 2.05) is 36.1 Å². The number of piperidine rings is 1. The Bertz CT molecular complexity index is 479. The number of nitrogen functional groups attached to an aromatic ring is 1. The lowest BCUT2D eigenvalue weighted by Gasteiger charge is -2.34. The van der Waals surface area contributed by atoms with Crippen molar-refractivity contribution in [1.29, 1.82) is 0 Å². The molecule has 1 heterocycles. The minimum absolute atomic E-state index is 0.112. The molecule has 1 aliphatic heterocycles. The third-order valence-electron chi connectivity index (χ3n) is 4.33. The molecule has 1 saturated heterocycles. The number of nitrogens with two attached hydrogens (primary N) is 1. The average Bonchev–Trinajstić information content (AvgIpc) is 2.46. The number of rotatable bonds is 4. The van der Waals surface area contributed by atoms with Crippen molar-refractivity contribution in [2.24, 2.45) is 5.92 Å². The van der Waals surface area contributed by atoms with Crippen LogP contribution in [-0.4, -0.2) is 49.4 Å². The van der Waals surface area contributed by atoms with E-state index in [1.165, 1.54) is 0 Å². The molecule has 1 fully saturated rings. The molecule has 21 heavy (non-hydrogen) atoms. The van der Waals surface area contributed by atoms with Crippen LogP contribution in [0.2, 0.25) is 0 Å². The second-order valence-corrected chi connectivity index (χ2v) is 6.42. The molecule has 0 saturated carbocycles. The quantitative estimate of drug-likeness (QED) is 0.864. The molecule has 2 rings (SSSR count). The topological polar surface area (TPSA) is 49.6 Å². The Kier molecular flexibility index (Phi) is 5.23. The van der Waals surface area contributed by atoms with Gasteiger partial charge in [-0.15, -0.1) is 0 Å². The van der Waals surface area contributed by atoms with Gasteiger partial charge in [0.1, 0.15) is 0 Å². The number of nitrogens with zero attached hydrogens (tertiary/aromatic N) is 2. The first kappa shape index (κ1) is 15.8. The lowest BCUT2D eigenvalue weighted by molar-refractivity contribution is -0.133. The van der Waals surface area contributed by atoms with E-state index in [1.54, 1.807) is 0 Å². The summed E-state index contributed by atoms with van der Waals surface area (Å²) in [4.78, 5) is 16.9. The number of hydrogen-bond donors (Lipinski definition) is 1. The highest BCUT2D eigenvalue weighted by atomic mass is 16.2. The van der Waals surface area contributed by atoms with Gasteiger partial charge in [-0.2, -0.15) is 0 Å². The van der Waals surface area contributed by atoms with Crippen molar-refractivity contribution in [3.05, 3.63) is 29.8 Å². The maximum absolute atomic E-state index is 12.6. The zero-order valence-corrected chi connectivity index (χ0v) is 13.4. The van der Waals surface area contributed by atoms with Gasteiger partial charge in [0, 0.05) is 25.3 Å². The van der Waals surface area contributed by atoms with Crippen molar-refractivity contribution in [3.63, 3.8) is 0 Å². The van der Waals surface area contributed by atoms with Crippen LogP contribution < -0.4 is 5.73 Å². The van der Waals surface area contributed by atoms with E-state index in [9.17, 15) is 4.79 Å². The van der Waals surface area contributed by atoms with Gasteiger partial charge >= 0.3 is 0 Å². The normalized spacial score (nSPS) is 18.0. The van der Waals surface area contributed by atoms with Crippen molar-refractivity contribution in [2.75, 3.05) is 39.5 Å². The molecule has 0 bridgehead atoms. The summed E-state index contributed by atoms with van der Waals surface area (Å²) in [5.74, 6) is 0.828. The zero-order valence-electron chi connectivity index (χ0n) is 13.4.